The zero-order valence-corrected chi connectivity index (χ0v) is 14.5. The molecule has 21 heavy (non-hydrogen) atoms. The fraction of sp³-hybridized carbons (Fsp3) is 0.250. The molecule has 2 aromatic rings. The summed E-state index contributed by atoms with van der Waals surface area (Å²) in [6.45, 7) is 0.487. The van der Waals surface area contributed by atoms with Crippen molar-refractivity contribution in [2.24, 2.45) is 7.05 Å². The van der Waals surface area contributed by atoms with E-state index in [-0.39, 0.29) is 30.7 Å². The Hall–Kier alpha value is -1.31. The Labute approximate surface area is 143 Å². The summed E-state index contributed by atoms with van der Waals surface area (Å²) in [5.74, 6) is 0.635. The number of nitrogens with one attached hydrogen (secondary N) is 1. The smallest absolute Gasteiger partial charge is 0.253 e. The van der Waals surface area contributed by atoms with Gasteiger partial charge in [-0.2, -0.15) is 0 Å². The number of benzene rings is 1. The summed E-state index contributed by atoms with van der Waals surface area (Å²) >= 11 is 3.30. The molecule has 1 aromatic heterocycles. The number of nitrogen functional groups attached to an aromatic ring is 1. The van der Waals surface area contributed by atoms with Crippen molar-refractivity contribution in [3.63, 3.8) is 0 Å². The molecule has 9 heteroatoms. The molecule has 2 rings (SSSR count). The molecular weight excluding hydrogens is 381 g/mol. The van der Waals surface area contributed by atoms with Crippen LogP contribution in [-0.2, 0) is 13.5 Å². The van der Waals surface area contributed by atoms with Crippen molar-refractivity contribution >= 4 is 52.3 Å². The lowest BCUT2D eigenvalue weighted by Gasteiger charge is -2.07. The van der Waals surface area contributed by atoms with Crippen LogP contribution in [-0.4, -0.2) is 27.2 Å². The van der Waals surface area contributed by atoms with E-state index in [1.807, 2.05) is 11.6 Å². The Morgan fingerprint density at radius 1 is 1.43 bits per heavy atom. The van der Waals surface area contributed by atoms with Crippen LogP contribution >= 0.6 is 40.7 Å². The second kappa shape index (κ2) is 8.86. The highest BCUT2D eigenvalue weighted by atomic mass is 79.9. The van der Waals surface area contributed by atoms with E-state index in [0.29, 0.717) is 24.2 Å². The maximum absolute atomic E-state index is 11.9. The van der Waals surface area contributed by atoms with Gasteiger partial charge in [0.05, 0.1) is 5.56 Å². The van der Waals surface area contributed by atoms with Crippen LogP contribution in [0.25, 0.3) is 0 Å². The van der Waals surface area contributed by atoms with E-state index in [0.717, 1.165) is 10.3 Å². The molecule has 6 nitrogen and oxygen atoms in total. The predicted molar refractivity (Wildman–Crippen MR) is 90.1 cm³/mol. The topological polar surface area (TPSA) is 85.8 Å². The lowest BCUT2D eigenvalue weighted by Crippen LogP contribution is -2.27. The molecule has 0 fully saturated rings. The van der Waals surface area contributed by atoms with Gasteiger partial charge in [0.15, 0.2) is 0 Å². The van der Waals surface area contributed by atoms with Gasteiger partial charge in [-0.3, -0.25) is 4.79 Å². The minimum Gasteiger partial charge on any atom is -0.398 e. The minimum atomic E-state index is -0.188. The number of nitrogens with two attached hydrogens (primary N) is 1. The normalized spacial score (nSPS) is 9.43. The second-order valence-electron chi connectivity index (χ2n) is 4.10. The first-order chi connectivity index (χ1) is 9.08. The summed E-state index contributed by atoms with van der Waals surface area (Å²) in [5.41, 5.74) is 6.72. The van der Waals surface area contributed by atoms with Gasteiger partial charge in [-0.25, -0.2) is 0 Å². The molecule has 0 aliphatic carbocycles. The number of amides is 1. The average Bonchev–Trinajstić information content (AvgIpc) is 2.75. The van der Waals surface area contributed by atoms with Gasteiger partial charge < -0.3 is 15.6 Å². The lowest BCUT2D eigenvalue weighted by atomic mass is 10.1. The first-order valence-corrected chi connectivity index (χ1v) is 6.53. The summed E-state index contributed by atoms with van der Waals surface area (Å²) in [6.07, 6.45) is 2.25. The average molecular weight is 397 g/mol. The number of anilines is 1. The molecule has 0 radical (unpaired) electrons. The van der Waals surface area contributed by atoms with Crippen LogP contribution in [0.2, 0.25) is 0 Å². The van der Waals surface area contributed by atoms with Crippen LogP contribution < -0.4 is 11.1 Å². The Morgan fingerprint density at radius 2 is 2.14 bits per heavy atom. The highest BCUT2D eigenvalue weighted by Gasteiger charge is 2.09. The highest BCUT2D eigenvalue weighted by molar-refractivity contribution is 9.10. The molecule has 0 bridgehead atoms. The van der Waals surface area contributed by atoms with E-state index >= 15 is 0 Å². The monoisotopic (exact) mass is 395 g/mol. The fourth-order valence-corrected chi connectivity index (χ4v) is 2.04. The van der Waals surface area contributed by atoms with E-state index < -0.39 is 0 Å². The highest BCUT2D eigenvalue weighted by Crippen LogP contribution is 2.18. The summed E-state index contributed by atoms with van der Waals surface area (Å²) in [6, 6.07) is 5.18. The summed E-state index contributed by atoms with van der Waals surface area (Å²) < 4.78 is 2.67. The van der Waals surface area contributed by atoms with Crippen molar-refractivity contribution in [3.05, 3.63) is 40.4 Å². The third-order valence-electron chi connectivity index (χ3n) is 2.70. The van der Waals surface area contributed by atoms with Crippen LogP contribution in [0.1, 0.15) is 16.2 Å². The zero-order chi connectivity index (χ0) is 13.8. The molecule has 0 saturated carbocycles. The second-order valence-corrected chi connectivity index (χ2v) is 5.01. The summed E-state index contributed by atoms with van der Waals surface area (Å²) in [7, 11) is 1.86. The molecule has 0 aliphatic rings. The molecule has 0 spiro atoms. The third-order valence-corrected chi connectivity index (χ3v) is 3.19. The molecule has 1 heterocycles. The maximum Gasteiger partial charge on any atom is 0.253 e. The molecule has 1 amide bonds. The van der Waals surface area contributed by atoms with Crippen molar-refractivity contribution in [3.8, 4) is 0 Å². The van der Waals surface area contributed by atoms with Gasteiger partial charge in [0.2, 0.25) is 0 Å². The van der Waals surface area contributed by atoms with Gasteiger partial charge in [-0.1, -0.05) is 15.9 Å². The fourth-order valence-electron chi connectivity index (χ4n) is 1.66. The molecule has 116 valence electrons. The first kappa shape index (κ1) is 19.7. The first-order valence-electron chi connectivity index (χ1n) is 5.74. The van der Waals surface area contributed by atoms with Gasteiger partial charge in [-0.15, -0.1) is 35.0 Å². The van der Waals surface area contributed by atoms with Crippen molar-refractivity contribution in [2.45, 2.75) is 6.42 Å². The molecule has 1 aromatic carbocycles. The van der Waals surface area contributed by atoms with Gasteiger partial charge in [0, 0.05) is 30.2 Å². The quantitative estimate of drug-likeness (QED) is 0.773. The molecule has 0 atom stereocenters. The van der Waals surface area contributed by atoms with Crippen molar-refractivity contribution in [1.82, 2.24) is 20.1 Å². The molecular formula is C12H16BrCl2N5O. The van der Waals surface area contributed by atoms with Crippen molar-refractivity contribution in [2.75, 3.05) is 12.3 Å². The van der Waals surface area contributed by atoms with Crippen LogP contribution in [0.5, 0.6) is 0 Å². The van der Waals surface area contributed by atoms with Crippen LogP contribution in [0.4, 0.5) is 5.69 Å². The standard InChI is InChI=1S/C12H14BrN5O.2ClH/c1-18-7-16-17-11(18)4-5-15-12(19)9-3-2-8(13)6-10(9)14;;/h2-3,6-7H,4-5,14H2,1H3,(H,15,19);2*1H. The maximum atomic E-state index is 11.9. The number of rotatable bonds is 4. The summed E-state index contributed by atoms with van der Waals surface area (Å²) in [4.78, 5) is 11.9. The number of hydrogen-bond donors (Lipinski definition) is 2. The Balaban J connectivity index is 0.00000200. The van der Waals surface area contributed by atoms with Crippen LogP contribution in [0, 0.1) is 0 Å². The summed E-state index contributed by atoms with van der Waals surface area (Å²) in [5, 5.41) is 10.5. The number of nitrogens with zero attached hydrogens (tertiary/aromatic N) is 3. The van der Waals surface area contributed by atoms with Gasteiger partial charge in [-0.05, 0) is 18.2 Å². The van der Waals surface area contributed by atoms with E-state index in [2.05, 4.69) is 31.4 Å². The largest absolute Gasteiger partial charge is 0.398 e. The van der Waals surface area contributed by atoms with Gasteiger partial charge in [0.1, 0.15) is 12.2 Å². The number of hydrogen-bond acceptors (Lipinski definition) is 4. The van der Waals surface area contributed by atoms with Crippen LogP contribution in [0.3, 0.4) is 0 Å². The van der Waals surface area contributed by atoms with E-state index in [4.69, 9.17) is 5.73 Å². The number of carbonyl (C=O) groups excluding carboxylic acids is 1. The van der Waals surface area contributed by atoms with E-state index in [9.17, 15) is 4.79 Å². The van der Waals surface area contributed by atoms with E-state index in [1.54, 1.807) is 24.5 Å². The van der Waals surface area contributed by atoms with Gasteiger partial charge >= 0.3 is 0 Å². The number of aryl methyl sites for hydroxylation is 1. The number of halogens is 3. The SMILES string of the molecule is Cl.Cl.Cn1cnnc1CCNC(=O)c1ccc(Br)cc1N. The molecule has 0 aliphatic heterocycles. The number of aromatic nitrogens is 3. The van der Waals surface area contributed by atoms with Crippen molar-refractivity contribution < 1.29 is 4.79 Å². The minimum absolute atomic E-state index is 0. The zero-order valence-electron chi connectivity index (χ0n) is 11.2. The Bertz CT molecular complexity index is 605. The Kier molecular flexibility index (Phi) is 8.31. The van der Waals surface area contributed by atoms with E-state index in [1.165, 1.54) is 0 Å². The predicted octanol–water partition coefficient (Wildman–Crippen LogP) is 1.98. The Morgan fingerprint density at radius 3 is 2.71 bits per heavy atom. The molecule has 3 N–H and O–H groups in total. The third kappa shape index (κ3) is 5.18. The molecule has 0 unspecified atom stereocenters. The van der Waals surface area contributed by atoms with Gasteiger partial charge in [0.25, 0.3) is 5.91 Å². The number of carbonyl (C=O) groups is 1. The van der Waals surface area contributed by atoms with Crippen LogP contribution in [0.15, 0.2) is 29.0 Å². The lowest BCUT2D eigenvalue weighted by molar-refractivity contribution is 0.0955. The molecule has 0 saturated heterocycles. The van der Waals surface area contributed by atoms with Crippen molar-refractivity contribution in [1.29, 1.82) is 0 Å².